The summed E-state index contributed by atoms with van der Waals surface area (Å²) in [7, 11) is 0. The molecule has 2 aromatic carbocycles. The van der Waals surface area contributed by atoms with E-state index in [4.69, 9.17) is 9.84 Å². The van der Waals surface area contributed by atoms with Crippen LogP contribution in [0.1, 0.15) is 68.4 Å². The molecule has 5 nitrogen and oxygen atoms in total. The second-order valence-electron chi connectivity index (χ2n) is 8.21. The normalized spacial score (nSPS) is 12.5. The Morgan fingerprint density at radius 1 is 0.844 bits per heavy atom. The van der Waals surface area contributed by atoms with Gasteiger partial charge in [0.2, 0.25) is 0 Å². The monoisotopic (exact) mass is 435 g/mol. The van der Waals surface area contributed by atoms with Crippen molar-refractivity contribution in [1.29, 1.82) is 0 Å². The van der Waals surface area contributed by atoms with Gasteiger partial charge in [-0.25, -0.2) is 4.79 Å². The molecule has 0 aliphatic heterocycles. The van der Waals surface area contributed by atoms with Crippen LogP contribution in [0, 0.1) is 0 Å². The van der Waals surface area contributed by atoms with Crippen LogP contribution in [-0.4, -0.2) is 30.3 Å². The molecule has 2 N–H and O–H groups in total. The highest BCUT2D eigenvalue weighted by Crippen LogP contribution is 2.44. The van der Waals surface area contributed by atoms with E-state index in [0.717, 1.165) is 44.9 Å². The molecular formula is C27H33NO4. The third-order valence-corrected chi connectivity index (χ3v) is 5.84. The fourth-order valence-corrected chi connectivity index (χ4v) is 4.19. The average Bonchev–Trinajstić information content (AvgIpc) is 3.12. The third-order valence-electron chi connectivity index (χ3n) is 5.84. The number of rotatable bonds is 13. The second kappa shape index (κ2) is 12.7. The van der Waals surface area contributed by atoms with Crippen LogP contribution in [0.3, 0.4) is 0 Å². The minimum atomic E-state index is -0.711. The van der Waals surface area contributed by atoms with Crippen molar-refractivity contribution in [3.63, 3.8) is 0 Å². The third kappa shape index (κ3) is 6.98. The molecule has 0 aromatic heterocycles. The lowest BCUT2D eigenvalue weighted by molar-refractivity contribution is -0.137. The van der Waals surface area contributed by atoms with Crippen molar-refractivity contribution in [2.45, 2.75) is 57.3 Å². The van der Waals surface area contributed by atoms with E-state index in [9.17, 15) is 9.59 Å². The van der Waals surface area contributed by atoms with E-state index in [0.29, 0.717) is 13.2 Å². The van der Waals surface area contributed by atoms with Crippen molar-refractivity contribution in [1.82, 2.24) is 5.32 Å². The van der Waals surface area contributed by atoms with Gasteiger partial charge in [0, 0.05) is 18.9 Å². The molecule has 2 aromatic rings. The number of aliphatic carboxylic acids is 1. The molecule has 0 fully saturated rings. The van der Waals surface area contributed by atoms with Crippen LogP contribution in [0.4, 0.5) is 4.79 Å². The van der Waals surface area contributed by atoms with Gasteiger partial charge in [0.15, 0.2) is 0 Å². The van der Waals surface area contributed by atoms with Crippen molar-refractivity contribution >= 4 is 12.1 Å². The molecule has 1 amide bonds. The first kappa shape index (κ1) is 23.6. The van der Waals surface area contributed by atoms with Gasteiger partial charge in [-0.05, 0) is 54.4 Å². The van der Waals surface area contributed by atoms with Crippen LogP contribution in [0.2, 0.25) is 0 Å². The van der Waals surface area contributed by atoms with E-state index in [2.05, 4.69) is 41.7 Å². The first-order valence-electron chi connectivity index (χ1n) is 11.6. The zero-order chi connectivity index (χ0) is 22.6. The zero-order valence-corrected chi connectivity index (χ0v) is 18.6. The molecule has 0 radical (unpaired) electrons. The van der Waals surface area contributed by atoms with E-state index in [1.165, 1.54) is 22.3 Å². The number of carbonyl (C=O) groups is 2. The summed E-state index contributed by atoms with van der Waals surface area (Å²) < 4.78 is 5.54. The van der Waals surface area contributed by atoms with Gasteiger partial charge in [-0.1, -0.05) is 73.5 Å². The summed E-state index contributed by atoms with van der Waals surface area (Å²) in [4.78, 5) is 22.6. The van der Waals surface area contributed by atoms with E-state index in [-0.39, 0.29) is 18.4 Å². The summed E-state index contributed by atoms with van der Waals surface area (Å²) >= 11 is 0. The predicted octanol–water partition coefficient (Wildman–Crippen LogP) is 6.29. The van der Waals surface area contributed by atoms with Crippen LogP contribution in [0.15, 0.2) is 60.7 Å². The first-order valence-corrected chi connectivity index (χ1v) is 11.6. The number of unbranched alkanes of at least 4 members (excludes halogenated alkanes) is 5. The van der Waals surface area contributed by atoms with Gasteiger partial charge in [0.25, 0.3) is 0 Å². The molecular weight excluding hydrogens is 402 g/mol. The Labute approximate surface area is 190 Å². The summed E-state index contributed by atoms with van der Waals surface area (Å²) in [6.07, 6.45) is 10.9. The van der Waals surface area contributed by atoms with Gasteiger partial charge < -0.3 is 15.2 Å². The molecule has 0 unspecified atom stereocenters. The van der Waals surface area contributed by atoms with Gasteiger partial charge in [0.1, 0.15) is 6.61 Å². The smallest absolute Gasteiger partial charge is 0.407 e. The molecule has 3 rings (SSSR count). The highest BCUT2D eigenvalue weighted by Gasteiger charge is 2.28. The van der Waals surface area contributed by atoms with Gasteiger partial charge in [-0.2, -0.15) is 0 Å². The summed E-state index contributed by atoms with van der Waals surface area (Å²) in [6, 6.07) is 16.6. The number of ether oxygens (including phenoxy) is 1. The largest absolute Gasteiger partial charge is 0.481 e. The lowest BCUT2D eigenvalue weighted by atomic mass is 9.98. The van der Waals surface area contributed by atoms with Gasteiger partial charge in [-0.15, -0.1) is 0 Å². The highest BCUT2D eigenvalue weighted by atomic mass is 16.5. The summed E-state index contributed by atoms with van der Waals surface area (Å²) in [6.45, 7) is 0.933. The molecule has 170 valence electrons. The van der Waals surface area contributed by atoms with E-state index in [1.807, 2.05) is 24.3 Å². The molecule has 5 heteroatoms. The maximum atomic E-state index is 12.1. The topological polar surface area (TPSA) is 75.6 Å². The van der Waals surface area contributed by atoms with Crippen LogP contribution in [0.25, 0.3) is 11.1 Å². The van der Waals surface area contributed by atoms with E-state index >= 15 is 0 Å². The van der Waals surface area contributed by atoms with Crippen LogP contribution >= 0.6 is 0 Å². The van der Waals surface area contributed by atoms with Crippen molar-refractivity contribution in [2.24, 2.45) is 0 Å². The lowest BCUT2D eigenvalue weighted by Gasteiger charge is -2.14. The molecule has 0 spiro atoms. The molecule has 0 atom stereocenters. The number of alkyl carbamates (subject to hydrolysis) is 1. The number of carbonyl (C=O) groups excluding carboxylic acids is 1. The highest BCUT2D eigenvalue weighted by molar-refractivity contribution is 5.79. The number of carboxylic acids is 1. The Kier molecular flexibility index (Phi) is 9.36. The van der Waals surface area contributed by atoms with Crippen molar-refractivity contribution < 1.29 is 19.4 Å². The number of fused-ring (bicyclic) bond motifs is 3. The van der Waals surface area contributed by atoms with E-state index in [1.54, 1.807) is 0 Å². The number of hydrogen-bond donors (Lipinski definition) is 2. The van der Waals surface area contributed by atoms with Gasteiger partial charge >= 0.3 is 12.1 Å². The zero-order valence-electron chi connectivity index (χ0n) is 18.6. The Morgan fingerprint density at radius 2 is 1.44 bits per heavy atom. The SMILES string of the molecule is O=C(O)CCCCCC/C=C/CCCNC(=O)OCC1c2ccccc2-c2ccccc21. The second-order valence-corrected chi connectivity index (χ2v) is 8.21. The number of benzene rings is 2. The maximum Gasteiger partial charge on any atom is 0.407 e. The molecule has 0 heterocycles. The molecule has 0 saturated carbocycles. The summed E-state index contributed by atoms with van der Waals surface area (Å²) in [5.41, 5.74) is 4.88. The van der Waals surface area contributed by atoms with Crippen LogP contribution in [-0.2, 0) is 9.53 Å². The molecule has 32 heavy (non-hydrogen) atoms. The summed E-state index contributed by atoms with van der Waals surface area (Å²) in [5, 5.41) is 11.4. The van der Waals surface area contributed by atoms with Crippen LogP contribution in [0.5, 0.6) is 0 Å². The molecule has 1 aliphatic carbocycles. The van der Waals surface area contributed by atoms with Crippen molar-refractivity contribution in [3.8, 4) is 11.1 Å². The minimum absolute atomic E-state index is 0.0835. The van der Waals surface area contributed by atoms with E-state index < -0.39 is 5.97 Å². The molecule has 0 bridgehead atoms. The number of carboxylic acid groups (broad SMARTS) is 1. The standard InChI is InChI=1S/C27H33NO4/c29-26(30)18-8-6-4-2-1-3-5-7-13-19-28-27(31)32-20-25-23-16-11-9-14-21(23)22-15-10-12-17-24(22)25/h3,5,9-12,14-17,25H,1-2,4,6-8,13,18-20H2,(H,28,31)(H,29,30)/b5-3+. The average molecular weight is 436 g/mol. The van der Waals surface area contributed by atoms with Crippen LogP contribution < -0.4 is 5.32 Å². The van der Waals surface area contributed by atoms with Gasteiger partial charge in [0.05, 0.1) is 0 Å². The Hall–Kier alpha value is -3.08. The number of amides is 1. The summed E-state index contributed by atoms with van der Waals surface area (Å²) in [5.74, 6) is -0.628. The fraction of sp³-hybridized carbons (Fsp3) is 0.407. The molecule has 0 saturated heterocycles. The van der Waals surface area contributed by atoms with Crippen molar-refractivity contribution in [3.05, 3.63) is 71.8 Å². The predicted molar refractivity (Wildman–Crippen MR) is 127 cm³/mol. The number of hydrogen-bond acceptors (Lipinski definition) is 3. The lowest BCUT2D eigenvalue weighted by Crippen LogP contribution is -2.26. The van der Waals surface area contributed by atoms with Gasteiger partial charge in [-0.3, -0.25) is 4.79 Å². The quantitative estimate of drug-likeness (QED) is 0.286. The Balaban J connectivity index is 1.28. The maximum absolute atomic E-state index is 12.1. The Bertz CT molecular complexity index is 876. The number of nitrogens with one attached hydrogen (secondary N) is 1. The minimum Gasteiger partial charge on any atom is -0.481 e. The molecule has 1 aliphatic rings. The number of allylic oxidation sites excluding steroid dienone is 2. The first-order chi connectivity index (χ1) is 15.7. The fourth-order valence-electron chi connectivity index (χ4n) is 4.19. The van der Waals surface area contributed by atoms with Crippen molar-refractivity contribution in [2.75, 3.05) is 13.2 Å². The Morgan fingerprint density at radius 3 is 2.09 bits per heavy atom.